The molecule has 0 fully saturated rings. The molecule has 0 spiro atoms. The van der Waals surface area contributed by atoms with E-state index in [0.29, 0.717) is 6.21 Å². The maximum absolute atomic E-state index is 11.6. The van der Waals surface area contributed by atoms with Crippen LogP contribution in [0.5, 0.6) is 0 Å². The van der Waals surface area contributed by atoms with E-state index in [2.05, 4.69) is 5.10 Å². The van der Waals surface area contributed by atoms with Gasteiger partial charge in [0.05, 0.1) is 5.02 Å². The second-order valence-electron chi connectivity index (χ2n) is 2.77. The Morgan fingerprint density at radius 2 is 2.06 bits per heavy atom. The molecule has 0 aliphatic heterocycles. The number of nitrogens with one attached hydrogen (secondary N) is 1. The molecule has 0 bridgehead atoms. The molecular weight excluding hydrogens is 291 g/mol. The highest BCUT2D eigenvalue weighted by atomic mass is 35.5. The number of hydrazone groups is 1. The van der Waals surface area contributed by atoms with E-state index >= 15 is 0 Å². The van der Waals surface area contributed by atoms with Gasteiger partial charge in [0, 0.05) is 5.02 Å². The monoisotopic (exact) mass is 296 g/mol. The van der Waals surface area contributed by atoms with Gasteiger partial charge in [0.2, 0.25) is 0 Å². The fourth-order valence-electron chi connectivity index (χ4n) is 0.883. The number of carboxylic acids is 1. The number of hydrogen-bond acceptors (Lipinski definition) is 4. The van der Waals surface area contributed by atoms with Gasteiger partial charge in [0.15, 0.2) is 0 Å². The Bertz CT molecular complexity index is 571. The number of carboxylic acid groups (broad SMARTS) is 1. The molecule has 0 aliphatic rings. The highest BCUT2D eigenvalue weighted by Gasteiger charge is 2.17. The van der Waals surface area contributed by atoms with Crippen molar-refractivity contribution in [1.29, 1.82) is 0 Å². The lowest BCUT2D eigenvalue weighted by Crippen LogP contribution is -2.19. The minimum atomic E-state index is -4.04. The molecule has 6 nitrogen and oxygen atoms in total. The van der Waals surface area contributed by atoms with Gasteiger partial charge in [-0.05, 0) is 18.2 Å². The van der Waals surface area contributed by atoms with E-state index in [-0.39, 0.29) is 14.9 Å². The molecule has 92 valence electrons. The largest absolute Gasteiger partial charge is 0.477 e. The van der Waals surface area contributed by atoms with Crippen LogP contribution in [-0.4, -0.2) is 25.7 Å². The molecule has 1 aromatic carbocycles. The summed E-state index contributed by atoms with van der Waals surface area (Å²) in [7, 11) is -4.04. The van der Waals surface area contributed by atoms with E-state index in [4.69, 9.17) is 28.3 Å². The quantitative estimate of drug-likeness (QED) is 0.647. The lowest BCUT2D eigenvalue weighted by Gasteiger charge is -2.05. The molecule has 0 amide bonds. The van der Waals surface area contributed by atoms with Crippen LogP contribution < -0.4 is 4.83 Å². The van der Waals surface area contributed by atoms with E-state index < -0.39 is 16.0 Å². The molecular formula is C8H6Cl2N2O4S. The average molecular weight is 297 g/mol. The lowest BCUT2D eigenvalue weighted by atomic mass is 10.4. The first-order valence-corrected chi connectivity index (χ1v) is 6.29. The van der Waals surface area contributed by atoms with E-state index in [1.54, 1.807) is 4.83 Å². The van der Waals surface area contributed by atoms with Crippen molar-refractivity contribution in [3.8, 4) is 0 Å². The van der Waals surface area contributed by atoms with Crippen molar-refractivity contribution in [3.05, 3.63) is 28.2 Å². The van der Waals surface area contributed by atoms with Crippen molar-refractivity contribution in [1.82, 2.24) is 4.83 Å². The smallest absolute Gasteiger partial charge is 0.348 e. The van der Waals surface area contributed by atoms with Crippen LogP contribution in [0.15, 0.2) is 28.2 Å². The summed E-state index contributed by atoms with van der Waals surface area (Å²) in [5, 5.41) is 11.4. The first-order chi connectivity index (χ1) is 7.83. The fourth-order valence-corrected chi connectivity index (χ4v) is 2.44. The number of nitrogens with zero attached hydrogens (tertiary/aromatic N) is 1. The molecule has 0 radical (unpaired) electrons. The number of aliphatic carboxylic acids is 1. The van der Waals surface area contributed by atoms with Gasteiger partial charge in [-0.3, -0.25) is 0 Å². The number of carbonyl (C=O) groups is 1. The predicted molar refractivity (Wildman–Crippen MR) is 62.9 cm³/mol. The van der Waals surface area contributed by atoms with Crippen LogP contribution in [0.1, 0.15) is 0 Å². The Labute approximate surface area is 107 Å². The molecule has 17 heavy (non-hydrogen) atoms. The first-order valence-electron chi connectivity index (χ1n) is 4.06. The molecule has 0 atom stereocenters. The standard InChI is InChI=1S/C8H6Cl2N2O4S/c9-5-1-2-6(10)7(3-5)17(15,16)12-11-4-8(13)14/h1-4,12H,(H,13,14). The third-order valence-electron chi connectivity index (χ3n) is 1.53. The van der Waals surface area contributed by atoms with Crippen molar-refractivity contribution in [2.75, 3.05) is 0 Å². The molecule has 1 aromatic rings. The number of benzene rings is 1. The topological polar surface area (TPSA) is 95.8 Å². The molecule has 2 N–H and O–H groups in total. The van der Waals surface area contributed by atoms with Crippen LogP contribution in [0.2, 0.25) is 10.0 Å². The van der Waals surface area contributed by atoms with E-state index in [9.17, 15) is 13.2 Å². The zero-order valence-corrected chi connectivity index (χ0v) is 10.4. The van der Waals surface area contributed by atoms with E-state index in [0.717, 1.165) is 6.07 Å². The predicted octanol–water partition coefficient (Wildman–Crippen LogP) is 1.34. The third-order valence-corrected chi connectivity index (χ3v) is 3.47. The van der Waals surface area contributed by atoms with Crippen LogP contribution in [-0.2, 0) is 14.8 Å². The van der Waals surface area contributed by atoms with Crippen molar-refractivity contribution < 1.29 is 18.3 Å². The molecule has 0 unspecified atom stereocenters. The lowest BCUT2D eigenvalue weighted by molar-refractivity contribution is -0.128. The molecule has 0 heterocycles. The Balaban J connectivity index is 3.05. The third kappa shape index (κ3) is 3.88. The van der Waals surface area contributed by atoms with Gasteiger partial charge >= 0.3 is 5.97 Å². The van der Waals surface area contributed by atoms with Gasteiger partial charge in [0.25, 0.3) is 10.0 Å². The normalized spacial score (nSPS) is 11.6. The molecule has 0 saturated carbocycles. The van der Waals surface area contributed by atoms with Crippen LogP contribution in [0.3, 0.4) is 0 Å². The second-order valence-corrected chi connectivity index (χ2v) is 5.24. The van der Waals surface area contributed by atoms with Crippen molar-refractivity contribution in [3.63, 3.8) is 0 Å². The highest BCUT2D eigenvalue weighted by Crippen LogP contribution is 2.24. The van der Waals surface area contributed by atoms with Crippen LogP contribution in [0, 0.1) is 0 Å². The van der Waals surface area contributed by atoms with Crippen LogP contribution >= 0.6 is 23.2 Å². The fraction of sp³-hybridized carbons (Fsp3) is 0. The van der Waals surface area contributed by atoms with Crippen molar-refractivity contribution in [2.24, 2.45) is 5.10 Å². The van der Waals surface area contributed by atoms with Crippen LogP contribution in [0.25, 0.3) is 0 Å². The summed E-state index contributed by atoms with van der Waals surface area (Å²) in [5.41, 5.74) is 0. The molecule has 0 saturated heterocycles. The molecule has 0 aromatic heterocycles. The molecule has 0 aliphatic carbocycles. The SMILES string of the molecule is O=C(O)C=NNS(=O)(=O)c1cc(Cl)ccc1Cl. The summed E-state index contributed by atoms with van der Waals surface area (Å²) in [5.74, 6) is -1.38. The maximum Gasteiger partial charge on any atom is 0.348 e. The average Bonchev–Trinajstić information content (AvgIpc) is 2.20. The Morgan fingerprint density at radius 3 is 2.65 bits per heavy atom. The van der Waals surface area contributed by atoms with Gasteiger partial charge in [-0.15, -0.1) is 0 Å². The van der Waals surface area contributed by atoms with Crippen molar-refractivity contribution >= 4 is 45.4 Å². The zero-order chi connectivity index (χ0) is 13.1. The van der Waals surface area contributed by atoms with Crippen molar-refractivity contribution in [2.45, 2.75) is 4.90 Å². The van der Waals surface area contributed by atoms with E-state index in [1.165, 1.54) is 12.1 Å². The summed E-state index contributed by atoms with van der Waals surface area (Å²) in [6.45, 7) is 0. The van der Waals surface area contributed by atoms with Crippen LogP contribution in [0.4, 0.5) is 0 Å². The maximum atomic E-state index is 11.6. The Morgan fingerprint density at radius 1 is 1.41 bits per heavy atom. The zero-order valence-electron chi connectivity index (χ0n) is 8.09. The molecule has 9 heteroatoms. The minimum absolute atomic E-state index is 0.0487. The minimum Gasteiger partial charge on any atom is -0.477 e. The number of sulfonamides is 1. The van der Waals surface area contributed by atoms with Gasteiger partial charge in [-0.25, -0.2) is 4.79 Å². The van der Waals surface area contributed by atoms with Gasteiger partial charge in [0.1, 0.15) is 11.1 Å². The summed E-state index contributed by atoms with van der Waals surface area (Å²) in [6, 6.07) is 3.85. The Hall–Kier alpha value is -1.31. The summed E-state index contributed by atoms with van der Waals surface area (Å²) in [6.07, 6.45) is 0.399. The number of halogens is 2. The first kappa shape index (κ1) is 13.8. The van der Waals surface area contributed by atoms with Gasteiger partial charge < -0.3 is 5.11 Å². The van der Waals surface area contributed by atoms with Gasteiger partial charge in [-0.1, -0.05) is 23.2 Å². The summed E-state index contributed by atoms with van der Waals surface area (Å²) >= 11 is 11.3. The Kier molecular flexibility index (Phi) is 4.33. The number of rotatable bonds is 4. The highest BCUT2D eigenvalue weighted by molar-refractivity contribution is 7.89. The van der Waals surface area contributed by atoms with E-state index in [1.807, 2.05) is 0 Å². The summed E-state index contributed by atoms with van der Waals surface area (Å²) in [4.78, 5) is 11.5. The summed E-state index contributed by atoms with van der Waals surface area (Å²) < 4.78 is 23.3. The number of hydrogen-bond donors (Lipinski definition) is 2. The molecule has 1 rings (SSSR count). The van der Waals surface area contributed by atoms with Gasteiger partial charge in [-0.2, -0.15) is 18.4 Å². The second kappa shape index (κ2) is 5.35.